The second kappa shape index (κ2) is 10.1. The Balaban J connectivity index is 0.00000261. The van der Waals surface area contributed by atoms with Gasteiger partial charge in [-0.15, -0.1) is 12.4 Å². The highest BCUT2D eigenvalue weighted by Gasteiger charge is 2.32. The monoisotopic (exact) mass is 393 g/mol. The molecule has 2 aliphatic rings. The average Bonchev–Trinajstić information content (AvgIpc) is 3.00. The number of benzene rings is 1. The van der Waals surface area contributed by atoms with Crippen molar-refractivity contribution in [2.24, 2.45) is 5.92 Å². The molecule has 0 saturated carbocycles. The molecule has 2 amide bonds. The van der Waals surface area contributed by atoms with Gasteiger partial charge in [0, 0.05) is 52.1 Å². The molecule has 2 aliphatic heterocycles. The third kappa shape index (κ3) is 5.69. The molecule has 6 heteroatoms. The molecule has 5 nitrogen and oxygen atoms in total. The normalized spacial score (nSPS) is 22.1. The topological polar surface area (TPSA) is 52.7 Å². The zero-order valence-corrected chi connectivity index (χ0v) is 17.3. The molecule has 1 N–H and O–H groups in total. The van der Waals surface area contributed by atoms with Gasteiger partial charge in [-0.3, -0.25) is 9.59 Å². The molecule has 1 aromatic carbocycles. The highest BCUT2D eigenvalue weighted by molar-refractivity contribution is 5.85. The van der Waals surface area contributed by atoms with Gasteiger partial charge >= 0.3 is 0 Å². The van der Waals surface area contributed by atoms with E-state index in [0.29, 0.717) is 12.3 Å². The summed E-state index contributed by atoms with van der Waals surface area (Å²) < 4.78 is 0. The van der Waals surface area contributed by atoms with Crippen LogP contribution < -0.4 is 5.32 Å². The lowest BCUT2D eigenvalue weighted by Crippen LogP contribution is -2.40. The predicted octanol–water partition coefficient (Wildman–Crippen LogP) is 2.62. The van der Waals surface area contributed by atoms with E-state index < -0.39 is 0 Å². The fraction of sp³-hybridized carbons (Fsp3) is 0.619. The molecular weight excluding hydrogens is 362 g/mol. The molecule has 0 aromatic heterocycles. The number of nitrogens with zero attached hydrogens (tertiary/aromatic N) is 2. The van der Waals surface area contributed by atoms with E-state index >= 15 is 0 Å². The average molecular weight is 394 g/mol. The number of rotatable bonds is 6. The van der Waals surface area contributed by atoms with E-state index in [4.69, 9.17) is 0 Å². The molecule has 2 atom stereocenters. The van der Waals surface area contributed by atoms with Gasteiger partial charge in [0.2, 0.25) is 11.8 Å². The number of halogens is 1. The highest BCUT2D eigenvalue weighted by atomic mass is 35.5. The molecule has 0 unspecified atom stereocenters. The van der Waals surface area contributed by atoms with Crippen LogP contribution in [0.1, 0.15) is 44.2 Å². The number of nitrogens with one attached hydrogen (secondary N) is 1. The summed E-state index contributed by atoms with van der Waals surface area (Å²) in [5, 5.41) is 3.09. The first-order valence-corrected chi connectivity index (χ1v) is 9.90. The number of carbonyl (C=O) groups excluding carboxylic acids is 2. The van der Waals surface area contributed by atoms with Crippen molar-refractivity contribution in [3.8, 4) is 0 Å². The molecule has 27 heavy (non-hydrogen) atoms. The fourth-order valence-corrected chi connectivity index (χ4v) is 4.35. The van der Waals surface area contributed by atoms with Crippen LogP contribution in [0, 0.1) is 5.92 Å². The molecule has 0 spiro atoms. The maximum atomic E-state index is 12.7. The Morgan fingerprint density at radius 1 is 1.19 bits per heavy atom. The van der Waals surface area contributed by atoms with Crippen LogP contribution in [0.2, 0.25) is 0 Å². The van der Waals surface area contributed by atoms with Crippen LogP contribution in [0.4, 0.5) is 0 Å². The van der Waals surface area contributed by atoms with Crippen molar-refractivity contribution < 1.29 is 9.59 Å². The number of amides is 2. The molecule has 0 aliphatic carbocycles. The summed E-state index contributed by atoms with van der Waals surface area (Å²) in [6.07, 6.45) is 3.77. The Hall–Kier alpha value is -1.59. The van der Waals surface area contributed by atoms with Crippen LogP contribution in [0.5, 0.6) is 0 Å². The molecule has 1 saturated heterocycles. The van der Waals surface area contributed by atoms with Gasteiger partial charge in [0.05, 0.1) is 0 Å². The standard InChI is InChI=1S/C21H31N3O2.ClH/c1-3-6-19-13-23(15-20(19)22-16(2)25)11-10-21(26)24-12-9-17-7-4-5-8-18(17)14-24;/h4-5,7-8,19-20H,3,6,9-15H2,1-2H3,(H,22,25);1H/t19-,20-;/m0./s1. The second-order valence-corrected chi connectivity index (χ2v) is 7.70. The van der Waals surface area contributed by atoms with Gasteiger partial charge in [0.1, 0.15) is 0 Å². The van der Waals surface area contributed by atoms with Crippen LogP contribution >= 0.6 is 12.4 Å². The van der Waals surface area contributed by atoms with Crippen LogP contribution in [0.25, 0.3) is 0 Å². The SMILES string of the molecule is CCC[C@H]1CN(CCC(=O)N2CCc3ccccc3C2)C[C@@H]1NC(C)=O.Cl. The van der Waals surface area contributed by atoms with Gasteiger partial charge < -0.3 is 15.1 Å². The number of likely N-dealkylation sites (tertiary alicyclic amines) is 1. The van der Waals surface area contributed by atoms with Gasteiger partial charge in [-0.25, -0.2) is 0 Å². The number of hydrogen-bond donors (Lipinski definition) is 1. The minimum atomic E-state index is 0. The summed E-state index contributed by atoms with van der Waals surface area (Å²) in [7, 11) is 0. The first kappa shape index (κ1) is 21.7. The number of hydrogen-bond acceptors (Lipinski definition) is 3. The summed E-state index contributed by atoms with van der Waals surface area (Å²) >= 11 is 0. The molecule has 150 valence electrons. The lowest BCUT2D eigenvalue weighted by atomic mass is 9.98. The second-order valence-electron chi connectivity index (χ2n) is 7.70. The molecule has 1 aromatic rings. The molecule has 0 bridgehead atoms. The van der Waals surface area contributed by atoms with Crippen LogP contribution in [-0.2, 0) is 22.6 Å². The Morgan fingerprint density at radius 3 is 2.63 bits per heavy atom. The van der Waals surface area contributed by atoms with E-state index in [2.05, 4.69) is 35.3 Å². The quantitative estimate of drug-likeness (QED) is 0.808. The first-order chi connectivity index (χ1) is 12.6. The van der Waals surface area contributed by atoms with Crippen LogP contribution in [0.15, 0.2) is 24.3 Å². The Bertz CT molecular complexity index is 652. The van der Waals surface area contributed by atoms with E-state index in [9.17, 15) is 9.59 Å². The van der Waals surface area contributed by atoms with E-state index in [1.165, 1.54) is 11.1 Å². The summed E-state index contributed by atoms with van der Waals surface area (Å²) in [5.41, 5.74) is 2.65. The highest BCUT2D eigenvalue weighted by Crippen LogP contribution is 2.23. The van der Waals surface area contributed by atoms with Gasteiger partial charge in [0.25, 0.3) is 0 Å². The summed E-state index contributed by atoms with van der Waals surface area (Å²) in [5.74, 6) is 0.788. The third-order valence-electron chi connectivity index (χ3n) is 5.69. The third-order valence-corrected chi connectivity index (χ3v) is 5.69. The summed E-state index contributed by atoms with van der Waals surface area (Å²) in [6, 6.07) is 8.64. The number of fused-ring (bicyclic) bond motifs is 1. The largest absolute Gasteiger partial charge is 0.352 e. The molecule has 3 rings (SSSR count). The Morgan fingerprint density at radius 2 is 1.93 bits per heavy atom. The van der Waals surface area contributed by atoms with Crippen molar-refractivity contribution >= 4 is 24.2 Å². The minimum absolute atomic E-state index is 0. The summed E-state index contributed by atoms with van der Waals surface area (Å²) in [4.78, 5) is 28.4. The van der Waals surface area contributed by atoms with Crippen LogP contribution in [-0.4, -0.2) is 53.8 Å². The number of carbonyl (C=O) groups is 2. The Labute approximate surface area is 168 Å². The zero-order chi connectivity index (χ0) is 18.5. The fourth-order valence-electron chi connectivity index (χ4n) is 4.35. The molecule has 1 fully saturated rings. The van der Waals surface area contributed by atoms with E-state index in [1.807, 2.05) is 11.0 Å². The minimum Gasteiger partial charge on any atom is -0.352 e. The lowest BCUT2D eigenvalue weighted by molar-refractivity contribution is -0.132. The molecule has 2 heterocycles. The van der Waals surface area contributed by atoms with E-state index in [1.54, 1.807) is 6.92 Å². The van der Waals surface area contributed by atoms with Crippen molar-refractivity contribution in [1.29, 1.82) is 0 Å². The van der Waals surface area contributed by atoms with Crippen LogP contribution in [0.3, 0.4) is 0 Å². The zero-order valence-electron chi connectivity index (χ0n) is 16.4. The van der Waals surface area contributed by atoms with Gasteiger partial charge in [0.15, 0.2) is 0 Å². The van der Waals surface area contributed by atoms with Crippen molar-refractivity contribution in [2.45, 2.75) is 52.1 Å². The van der Waals surface area contributed by atoms with Gasteiger partial charge in [-0.1, -0.05) is 37.6 Å². The van der Waals surface area contributed by atoms with Crippen molar-refractivity contribution in [3.63, 3.8) is 0 Å². The maximum absolute atomic E-state index is 12.7. The molecular formula is C21H32ClN3O2. The van der Waals surface area contributed by atoms with Gasteiger partial charge in [-0.05, 0) is 29.9 Å². The van der Waals surface area contributed by atoms with Gasteiger partial charge in [-0.2, -0.15) is 0 Å². The first-order valence-electron chi connectivity index (χ1n) is 9.90. The molecule has 0 radical (unpaired) electrons. The predicted molar refractivity (Wildman–Crippen MR) is 110 cm³/mol. The summed E-state index contributed by atoms with van der Waals surface area (Å²) in [6.45, 7) is 7.96. The van der Waals surface area contributed by atoms with E-state index in [0.717, 1.165) is 52.0 Å². The van der Waals surface area contributed by atoms with Crippen molar-refractivity contribution in [3.05, 3.63) is 35.4 Å². The van der Waals surface area contributed by atoms with Crippen molar-refractivity contribution in [1.82, 2.24) is 15.1 Å². The lowest BCUT2D eigenvalue weighted by Gasteiger charge is -2.29. The maximum Gasteiger partial charge on any atom is 0.224 e. The van der Waals surface area contributed by atoms with E-state index in [-0.39, 0.29) is 30.3 Å². The Kier molecular flexibility index (Phi) is 8.11. The van der Waals surface area contributed by atoms with Crippen molar-refractivity contribution in [2.75, 3.05) is 26.2 Å². The smallest absolute Gasteiger partial charge is 0.224 e.